The standard InChI is InChI=1S/C19H13N3O2S/c23-18(13-7-2-1-3-8-13)21-22-17(16-11-6-12-25-16)20-15-10-5-4-9-14(15)19(22)24/h1-12H,(H,21,23). The number of carbonyl (C=O) groups excluding carboxylic acids is 1. The Morgan fingerprint density at radius 3 is 2.48 bits per heavy atom. The van der Waals surface area contributed by atoms with Crippen LogP contribution in [-0.2, 0) is 0 Å². The minimum absolute atomic E-state index is 0.307. The third kappa shape index (κ3) is 2.83. The molecule has 0 aliphatic carbocycles. The fourth-order valence-corrected chi connectivity index (χ4v) is 3.27. The van der Waals surface area contributed by atoms with Crippen LogP contribution in [0.2, 0.25) is 0 Å². The van der Waals surface area contributed by atoms with Crippen LogP contribution in [-0.4, -0.2) is 15.6 Å². The fourth-order valence-electron chi connectivity index (χ4n) is 2.56. The summed E-state index contributed by atoms with van der Waals surface area (Å²) in [5, 5.41) is 2.36. The molecule has 0 saturated heterocycles. The van der Waals surface area contributed by atoms with E-state index in [0.29, 0.717) is 22.3 Å². The van der Waals surface area contributed by atoms with Gasteiger partial charge >= 0.3 is 0 Å². The maximum atomic E-state index is 12.9. The van der Waals surface area contributed by atoms with Crippen molar-refractivity contribution < 1.29 is 4.79 Å². The van der Waals surface area contributed by atoms with Gasteiger partial charge in [0.05, 0.1) is 15.8 Å². The number of amides is 1. The normalized spacial score (nSPS) is 10.7. The van der Waals surface area contributed by atoms with Crippen LogP contribution in [0.5, 0.6) is 0 Å². The van der Waals surface area contributed by atoms with E-state index in [1.807, 2.05) is 29.6 Å². The molecule has 122 valence electrons. The zero-order valence-corrected chi connectivity index (χ0v) is 13.9. The van der Waals surface area contributed by atoms with Crippen molar-refractivity contribution in [2.24, 2.45) is 0 Å². The lowest BCUT2D eigenvalue weighted by Crippen LogP contribution is -2.35. The number of benzene rings is 2. The first-order valence-corrected chi connectivity index (χ1v) is 8.54. The van der Waals surface area contributed by atoms with Crippen LogP contribution >= 0.6 is 11.3 Å². The average molecular weight is 347 g/mol. The second-order valence-electron chi connectivity index (χ2n) is 5.38. The van der Waals surface area contributed by atoms with E-state index in [1.54, 1.807) is 42.5 Å². The first-order chi connectivity index (χ1) is 12.2. The molecular formula is C19H13N3O2S. The maximum Gasteiger partial charge on any atom is 0.280 e. The van der Waals surface area contributed by atoms with Gasteiger partial charge in [-0.15, -0.1) is 11.3 Å². The van der Waals surface area contributed by atoms with Crippen molar-refractivity contribution >= 4 is 28.1 Å². The monoisotopic (exact) mass is 347 g/mol. The molecule has 5 nitrogen and oxygen atoms in total. The Hall–Kier alpha value is -3.25. The second-order valence-corrected chi connectivity index (χ2v) is 6.33. The number of hydrogen-bond donors (Lipinski definition) is 1. The molecule has 0 unspecified atom stereocenters. The molecular weight excluding hydrogens is 334 g/mol. The Labute approximate surface area is 147 Å². The Morgan fingerprint density at radius 2 is 1.72 bits per heavy atom. The highest BCUT2D eigenvalue weighted by molar-refractivity contribution is 7.13. The van der Waals surface area contributed by atoms with Crippen molar-refractivity contribution in [2.45, 2.75) is 0 Å². The summed E-state index contributed by atoms with van der Waals surface area (Å²) in [6.45, 7) is 0. The molecule has 4 aromatic rings. The molecule has 2 heterocycles. The molecule has 0 fully saturated rings. The third-order valence-electron chi connectivity index (χ3n) is 3.77. The van der Waals surface area contributed by atoms with Gasteiger partial charge < -0.3 is 0 Å². The van der Waals surface area contributed by atoms with E-state index in [0.717, 1.165) is 4.88 Å². The van der Waals surface area contributed by atoms with E-state index in [2.05, 4.69) is 10.4 Å². The Morgan fingerprint density at radius 1 is 0.960 bits per heavy atom. The van der Waals surface area contributed by atoms with Gasteiger partial charge in [-0.25, -0.2) is 4.98 Å². The average Bonchev–Trinajstić information content (AvgIpc) is 3.19. The van der Waals surface area contributed by atoms with Gasteiger partial charge in [-0.2, -0.15) is 4.68 Å². The van der Waals surface area contributed by atoms with Crippen LogP contribution in [0.25, 0.3) is 21.6 Å². The highest BCUT2D eigenvalue weighted by Gasteiger charge is 2.16. The second kappa shape index (κ2) is 6.33. The number of rotatable bonds is 3. The fraction of sp³-hybridized carbons (Fsp3) is 0. The van der Waals surface area contributed by atoms with E-state index < -0.39 is 0 Å². The van der Waals surface area contributed by atoms with Gasteiger partial charge in [-0.1, -0.05) is 36.4 Å². The van der Waals surface area contributed by atoms with Gasteiger partial charge in [0.15, 0.2) is 5.82 Å². The van der Waals surface area contributed by atoms with Crippen LogP contribution in [0.15, 0.2) is 76.9 Å². The third-order valence-corrected chi connectivity index (χ3v) is 4.63. The lowest BCUT2D eigenvalue weighted by Gasteiger charge is -2.13. The van der Waals surface area contributed by atoms with Crippen LogP contribution in [0, 0.1) is 0 Å². The highest BCUT2D eigenvalue weighted by Crippen LogP contribution is 2.23. The number of nitrogens with one attached hydrogen (secondary N) is 1. The summed E-state index contributed by atoms with van der Waals surface area (Å²) in [4.78, 5) is 30.8. The zero-order valence-electron chi connectivity index (χ0n) is 13.0. The van der Waals surface area contributed by atoms with Gasteiger partial charge in [0.2, 0.25) is 0 Å². The highest BCUT2D eigenvalue weighted by atomic mass is 32.1. The van der Waals surface area contributed by atoms with Crippen molar-refractivity contribution in [1.29, 1.82) is 0 Å². The van der Waals surface area contributed by atoms with Gasteiger partial charge in [-0.05, 0) is 35.7 Å². The minimum Gasteiger partial charge on any atom is -0.267 e. The van der Waals surface area contributed by atoms with Crippen LogP contribution in [0.4, 0.5) is 0 Å². The number of thiophene rings is 1. The molecule has 0 spiro atoms. The van der Waals surface area contributed by atoms with E-state index in [4.69, 9.17) is 0 Å². The van der Waals surface area contributed by atoms with Crippen molar-refractivity contribution in [1.82, 2.24) is 9.66 Å². The van der Waals surface area contributed by atoms with Crippen LogP contribution < -0.4 is 11.0 Å². The first-order valence-electron chi connectivity index (χ1n) is 7.66. The maximum absolute atomic E-state index is 12.9. The van der Waals surface area contributed by atoms with Crippen molar-refractivity contribution in [3.05, 3.63) is 88.0 Å². The van der Waals surface area contributed by atoms with Crippen molar-refractivity contribution in [3.8, 4) is 10.7 Å². The quantitative estimate of drug-likeness (QED) is 0.617. The van der Waals surface area contributed by atoms with Gasteiger partial charge in [0.1, 0.15) is 0 Å². The molecule has 0 aliphatic heterocycles. The van der Waals surface area contributed by atoms with Gasteiger partial charge in [0.25, 0.3) is 11.5 Å². The zero-order chi connectivity index (χ0) is 17.2. The number of hydrogen-bond acceptors (Lipinski definition) is 4. The topological polar surface area (TPSA) is 64.0 Å². The molecule has 6 heteroatoms. The first kappa shape index (κ1) is 15.3. The lowest BCUT2D eigenvalue weighted by atomic mass is 10.2. The van der Waals surface area contributed by atoms with E-state index in [1.165, 1.54) is 16.0 Å². The number of aromatic nitrogens is 2. The molecule has 0 saturated carbocycles. The molecule has 0 aliphatic rings. The number of fused-ring (bicyclic) bond motifs is 1. The smallest absolute Gasteiger partial charge is 0.267 e. The summed E-state index contributed by atoms with van der Waals surface area (Å²) >= 11 is 1.46. The summed E-state index contributed by atoms with van der Waals surface area (Å²) in [7, 11) is 0. The SMILES string of the molecule is O=C(Nn1c(-c2cccs2)nc2ccccc2c1=O)c1ccccc1. The van der Waals surface area contributed by atoms with Crippen LogP contribution in [0.1, 0.15) is 10.4 Å². The summed E-state index contributed by atoms with van der Waals surface area (Å²) in [6, 6.07) is 19.6. The molecule has 1 amide bonds. The van der Waals surface area contributed by atoms with Gasteiger partial charge in [0, 0.05) is 5.56 Å². The number of para-hydroxylation sites is 1. The van der Waals surface area contributed by atoms with Crippen molar-refractivity contribution in [3.63, 3.8) is 0 Å². The predicted octanol–water partition coefficient (Wildman–Crippen LogP) is 3.51. The lowest BCUT2D eigenvalue weighted by molar-refractivity contribution is 0.101. The summed E-state index contributed by atoms with van der Waals surface area (Å²) < 4.78 is 1.23. The molecule has 0 radical (unpaired) electrons. The number of nitrogens with zero attached hydrogens (tertiary/aromatic N) is 2. The number of carbonyl (C=O) groups is 1. The summed E-state index contributed by atoms with van der Waals surface area (Å²) in [5.74, 6) is 0.0561. The Bertz CT molecular complexity index is 1100. The van der Waals surface area contributed by atoms with E-state index >= 15 is 0 Å². The van der Waals surface area contributed by atoms with Crippen molar-refractivity contribution in [2.75, 3.05) is 5.43 Å². The Balaban J connectivity index is 1.89. The predicted molar refractivity (Wildman–Crippen MR) is 99.4 cm³/mol. The van der Waals surface area contributed by atoms with Crippen LogP contribution in [0.3, 0.4) is 0 Å². The molecule has 0 atom stereocenters. The molecule has 2 aromatic heterocycles. The largest absolute Gasteiger partial charge is 0.280 e. The summed E-state index contributed by atoms with van der Waals surface area (Å²) in [6.07, 6.45) is 0. The molecule has 4 rings (SSSR count). The molecule has 0 bridgehead atoms. The molecule has 25 heavy (non-hydrogen) atoms. The van der Waals surface area contributed by atoms with Gasteiger partial charge in [-0.3, -0.25) is 15.0 Å². The molecule has 2 aromatic carbocycles. The molecule has 1 N–H and O–H groups in total. The summed E-state index contributed by atoms with van der Waals surface area (Å²) in [5.41, 5.74) is 3.45. The Kier molecular flexibility index (Phi) is 3.87. The minimum atomic E-state index is -0.363. The van der Waals surface area contributed by atoms with E-state index in [-0.39, 0.29) is 11.5 Å². The van der Waals surface area contributed by atoms with E-state index in [9.17, 15) is 9.59 Å².